The molecule has 0 radical (unpaired) electrons. The van der Waals surface area contributed by atoms with Crippen LogP contribution in [0.5, 0.6) is 0 Å². The third-order valence-electron chi connectivity index (χ3n) is 2.24. The van der Waals surface area contributed by atoms with Gasteiger partial charge < -0.3 is 9.84 Å². The maximum atomic E-state index is 10.5. The number of hydrogen-bond acceptors (Lipinski definition) is 2. The number of ether oxygens (including phenoxy) is 1. The van der Waals surface area contributed by atoms with Crippen LogP contribution in [-0.4, -0.2) is 17.2 Å². The lowest BCUT2D eigenvalue weighted by Crippen LogP contribution is -2.10. The van der Waals surface area contributed by atoms with E-state index < -0.39 is 5.97 Å². The molecule has 11 heavy (non-hydrogen) atoms. The van der Waals surface area contributed by atoms with Crippen molar-refractivity contribution in [1.82, 2.24) is 0 Å². The van der Waals surface area contributed by atoms with E-state index in [0.29, 0.717) is 0 Å². The molecule has 1 aliphatic rings. The number of carbonyl (C=O) groups is 1. The highest BCUT2D eigenvalue weighted by Crippen LogP contribution is 2.29. The number of hydrogen-bond donors (Lipinski definition) is 1. The van der Waals surface area contributed by atoms with Gasteiger partial charge in [-0.05, 0) is 19.4 Å². The zero-order valence-electron chi connectivity index (χ0n) is 6.92. The van der Waals surface area contributed by atoms with E-state index in [4.69, 9.17) is 9.84 Å². The molecular formula is C8H12O3. The standard InChI is InChI=1S/C8H12O3/c1-4-5(2)7(8(9)10)11-6(4)3/h4,6H,1-3H3,(H,9,10). The lowest BCUT2D eigenvalue weighted by molar-refractivity contribution is -0.137. The first-order valence-electron chi connectivity index (χ1n) is 3.64. The Hall–Kier alpha value is -0.990. The van der Waals surface area contributed by atoms with E-state index in [0.717, 1.165) is 5.57 Å². The van der Waals surface area contributed by atoms with Crippen LogP contribution in [0.3, 0.4) is 0 Å². The Kier molecular flexibility index (Phi) is 1.89. The highest BCUT2D eigenvalue weighted by Gasteiger charge is 2.30. The van der Waals surface area contributed by atoms with Crippen LogP contribution in [0, 0.1) is 5.92 Å². The van der Waals surface area contributed by atoms with Crippen LogP contribution in [0.2, 0.25) is 0 Å². The van der Waals surface area contributed by atoms with Crippen molar-refractivity contribution in [3.05, 3.63) is 11.3 Å². The lowest BCUT2D eigenvalue weighted by atomic mass is 10.00. The Morgan fingerprint density at radius 1 is 1.55 bits per heavy atom. The fourth-order valence-electron chi connectivity index (χ4n) is 1.16. The maximum absolute atomic E-state index is 10.5. The summed E-state index contributed by atoms with van der Waals surface area (Å²) in [5.74, 6) is -0.607. The van der Waals surface area contributed by atoms with Crippen LogP contribution in [-0.2, 0) is 9.53 Å². The third-order valence-corrected chi connectivity index (χ3v) is 2.24. The van der Waals surface area contributed by atoms with Gasteiger partial charge >= 0.3 is 5.97 Å². The molecule has 62 valence electrons. The SMILES string of the molecule is CC1=C(C(=O)O)OC(C)C1C. The molecule has 1 rings (SSSR count). The first-order chi connectivity index (χ1) is 5.04. The van der Waals surface area contributed by atoms with E-state index in [2.05, 4.69) is 0 Å². The average Bonchev–Trinajstić information content (AvgIpc) is 2.17. The summed E-state index contributed by atoms with van der Waals surface area (Å²) in [4.78, 5) is 10.5. The van der Waals surface area contributed by atoms with Crippen molar-refractivity contribution in [3.63, 3.8) is 0 Å². The molecule has 0 fully saturated rings. The fourth-order valence-corrected chi connectivity index (χ4v) is 1.16. The van der Waals surface area contributed by atoms with Crippen molar-refractivity contribution in [1.29, 1.82) is 0 Å². The summed E-state index contributed by atoms with van der Waals surface area (Å²) in [6.07, 6.45) is 0.00102. The zero-order chi connectivity index (χ0) is 8.59. The minimum Gasteiger partial charge on any atom is -0.483 e. The number of carboxylic acids is 1. The van der Waals surface area contributed by atoms with Crippen LogP contribution >= 0.6 is 0 Å². The van der Waals surface area contributed by atoms with Crippen molar-refractivity contribution >= 4 is 5.97 Å². The van der Waals surface area contributed by atoms with Gasteiger partial charge in [-0.3, -0.25) is 0 Å². The molecule has 0 aromatic carbocycles. The monoisotopic (exact) mass is 156 g/mol. The number of rotatable bonds is 1. The van der Waals surface area contributed by atoms with Gasteiger partial charge in [-0.25, -0.2) is 4.79 Å². The topological polar surface area (TPSA) is 46.5 Å². The summed E-state index contributed by atoms with van der Waals surface area (Å²) in [5.41, 5.74) is 0.838. The van der Waals surface area contributed by atoms with Crippen molar-refractivity contribution in [2.45, 2.75) is 26.9 Å². The van der Waals surface area contributed by atoms with E-state index in [1.807, 2.05) is 13.8 Å². The molecule has 2 unspecified atom stereocenters. The van der Waals surface area contributed by atoms with Gasteiger partial charge in [-0.2, -0.15) is 0 Å². The van der Waals surface area contributed by atoms with Crippen molar-refractivity contribution in [2.24, 2.45) is 5.92 Å². The van der Waals surface area contributed by atoms with Gasteiger partial charge in [-0.15, -0.1) is 0 Å². The van der Waals surface area contributed by atoms with E-state index in [1.165, 1.54) is 0 Å². The molecule has 0 amide bonds. The average molecular weight is 156 g/mol. The van der Waals surface area contributed by atoms with Gasteiger partial charge in [0.15, 0.2) is 0 Å². The molecule has 0 aromatic rings. The normalized spacial score (nSPS) is 30.5. The lowest BCUT2D eigenvalue weighted by Gasteiger charge is -2.08. The summed E-state index contributed by atoms with van der Waals surface area (Å²) >= 11 is 0. The molecule has 0 aliphatic carbocycles. The van der Waals surface area contributed by atoms with E-state index in [-0.39, 0.29) is 17.8 Å². The molecule has 3 nitrogen and oxygen atoms in total. The largest absolute Gasteiger partial charge is 0.483 e. The highest BCUT2D eigenvalue weighted by atomic mass is 16.5. The highest BCUT2D eigenvalue weighted by molar-refractivity contribution is 5.85. The Morgan fingerprint density at radius 3 is 2.27 bits per heavy atom. The quantitative estimate of drug-likeness (QED) is 0.624. The zero-order valence-corrected chi connectivity index (χ0v) is 6.92. The second kappa shape index (κ2) is 2.57. The Labute approximate surface area is 65.7 Å². The van der Waals surface area contributed by atoms with Crippen molar-refractivity contribution in [2.75, 3.05) is 0 Å². The minimum atomic E-state index is -0.960. The molecule has 1 N–H and O–H groups in total. The van der Waals surface area contributed by atoms with Gasteiger partial charge in [0.05, 0.1) is 0 Å². The number of carboxylic acid groups (broad SMARTS) is 1. The first kappa shape index (κ1) is 8.11. The van der Waals surface area contributed by atoms with Gasteiger partial charge in [0.1, 0.15) is 6.10 Å². The predicted octanol–water partition coefficient (Wildman–Crippen LogP) is 1.40. The predicted molar refractivity (Wildman–Crippen MR) is 40.0 cm³/mol. The molecule has 0 saturated heterocycles. The molecule has 0 saturated carbocycles. The van der Waals surface area contributed by atoms with Gasteiger partial charge in [0.2, 0.25) is 5.76 Å². The van der Waals surface area contributed by atoms with Crippen LogP contribution < -0.4 is 0 Å². The summed E-state index contributed by atoms with van der Waals surface area (Å²) in [5, 5.41) is 8.64. The van der Waals surface area contributed by atoms with E-state index >= 15 is 0 Å². The second-order valence-electron chi connectivity index (χ2n) is 2.93. The van der Waals surface area contributed by atoms with Crippen LogP contribution in [0.4, 0.5) is 0 Å². The first-order valence-corrected chi connectivity index (χ1v) is 3.64. The maximum Gasteiger partial charge on any atom is 0.371 e. The second-order valence-corrected chi connectivity index (χ2v) is 2.93. The molecule has 1 aliphatic heterocycles. The van der Waals surface area contributed by atoms with E-state index in [1.54, 1.807) is 6.92 Å². The Bertz CT molecular complexity index is 217. The van der Waals surface area contributed by atoms with E-state index in [9.17, 15) is 4.79 Å². The Morgan fingerprint density at radius 2 is 2.09 bits per heavy atom. The van der Waals surface area contributed by atoms with Crippen molar-refractivity contribution < 1.29 is 14.6 Å². The molecule has 1 heterocycles. The smallest absolute Gasteiger partial charge is 0.371 e. The molecular weight excluding hydrogens is 144 g/mol. The van der Waals surface area contributed by atoms with Crippen LogP contribution in [0.25, 0.3) is 0 Å². The molecule has 2 atom stereocenters. The summed E-state index contributed by atoms with van der Waals surface area (Å²) in [6, 6.07) is 0. The molecule has 0 aromatic heterocycles. The fraction of sp³-hybridized carbons (Fsp3) is 0.625. The molecule has 0 bridgehead atoms. The third kappa shape index (κ3) is 1.23. The molecule has 3 heteroatoms. The van der Waals surface area contributed by atoms with Gasteiger partial charge in [-0.1, -0.05) is 6.92 Å². The van der Waals surface area contributed by atoms with Gasteiger partial charge in [0.25, 0.3) is 0 Å². The summed E-state index contributed by atoms with van der Waals surface area (Å²) < 4.78 is 5.13. The van der Waals surface area contributed by atoms with Crippen LogP contribution in [0.1, 0.15) is 20.8 Å². The van der Waals surface area contributed by atoms with Crippen molar-refractivity contribution in [3.8, 4) is 0 Å². The minimum absolute atomic E-state index is 0.00102. The van der Waals surface area contributed by atoms with Crippen LogP contribution in [0.15, 0.2) is 11.3 Å². The molecule has 0 spiro atoms. The Balaban J connectivity index is 2.89. The number of aliphatic carboxylic acids is 1. The summed E-state index contributed by atoms with van der Waals surface area (Å²) in [6.45, 7) is 5.65. The summed E-state index contributed by atoms with van der Waals surface area (Å²) in [7, 11) is 0. The van der Waals surface area contributed by atoms with Gasteiger partial charge in [0, 0.05) is 5.92 Å².